The van der Waals surface area contributed by atoms with Gasteiger partial charge in [0.1, 0.15) is 5.82 Å². The molecule has 1 fully saturated rings. The first kappa shape index (κ1) is 17.4. The summed E-state index contributed by atoms with van der Waals surface area (Å²) >= 11 is 1.35. The predicted octanol–water partition coefficient (Wildman–Crippen LogP) is 4.27. The summed E-state index contributed by atoms with van der Waals surface area (Å²) in [6, 6.07) is 4.96. The number of fused-ring (bicyclic) bond motifs is 1. The van der Waals surface area contributed by atoms with Crippen LogP contribution in [-0.2, 0) is 0 Å². The summed E-state index contributed by atoms with van der Waals surface area (Å²) in [6.45, 7) is 4.78. The lowest BCUT2D eigenvalue weighted by Crippen LogP contribution is -2.46. The zero-order chi connectivity index (χ0) is 17.3. The van der Waals surface area contributed by atoms with Gasteiger partial charge in [0, 0.05) is 23.2 Å². The van der Waals surface area contributed by atoms with Crippen LogP contribution in [0.3, 0.4) is 0 Å². The number of carbonyl (C=O) groups excluding carboxylic acids is 1. The topological polar surface area (TPSA) is 49.3 Å². The summed E-state index contributed by atoms with van der Waals surface area (Å²) < 4.78 is 14.8. The van der Waals surface area contributed by atoms with Gasteiger partial charge in [-0.15, -0.1) is 11.3 Å². The highest BCUT2D eigenvalue weighted by molar-refractivity contribution is 7.21. The second kappa shape index (κ2) is 6.81. The summed E-state index contributed by atoms with van der Waals surface area (Å²) in [7, 11) is 0. The fourth-order valence-corrected chi connectivity index (χ4v) is 4.92. The zero-order valence-electron chi connectivity index (χ0n) is 14.2. The molecule has 2 N–H and O–H groups in total. The molecule has 24 heavy (non-hydrogen) atoms. The molecule has 2 aromatic rings. The van der Waals surface area contributed by atoms with Gasteiger partial charge in [-0.3, -0.25) is 4.79 Å². The van der Waals surface area contributed by atoms with Crippen LogP contribution in [0.1, 0.15) is 47.8 Å². The average molecular weight is 349 g/mol. The van der Waals surface area contributed by atoms with Crippen molar-refractivity contribution in [2.75, 3.05) is 13.2 Å². The van der Waals surface area contributed by atoms with Gasteiger partial charge in [-0.2, -0.15) is 0 Å². The van der Waals surface area contributed by atoms with Crippen molar-refractivity contribution in [2.24, 2.45) is 11.3 Å². The molecule has 1 aromatic heterocycles. The van der Waals surface area contributed by atoms with Crippen LogP contribution in [0, 0.1) is 24.1 Å². The lowest BCUT2D eigenvalue weighted by atomic mass is 9.60. The first-order valence-corrected chi connectivity index (χ1v) is 9.37. The number of amides is 1. The number of benzene rings is 1. The van der Waals surface area contributed by atoms with Crippen molar-refractivity contribution in [1.29, 1.82) is 0 Å². The van der Waals surface area contributed by atoms with Gasteiger partial charge in [0.2, 0.25) is 0 Å². The molecule has 0 unspecified atom stereocenters. The van der Waals surface area contributed by atoms with E-state index in [1.54, 1.807) is 6.07 Å². The minimum Gasteiger partial charge on any atom is -0.396 e. The Bertz CT molecular complexity index is 751. The normalized spacial score (nSPS) is 17.5. The molecule has 0 radical (unpaired) electrons. The SMILES string of the molecule is Cc1c(C(=O)NCC2([C@H](C)CCO)CCC2)sc2cccc(F)c12. The molecule has 1 aliphatic carbocycles. The van der Waals surface area contributed by atoms with Crippen LogP contribution < -0.4 is 5.32 Å². The molecule has 3 rings (SSSR count). The fraction of sp³-hybridized carbons (Fsp3) is 0.526. The van der Waals surface area contributed by atoms with E-state index < -0.39 is 0 Å². The van der Waals surface area contributed by atoms with Gasteiger partial charge in [-0.25, -0.2) is 4.39 Å². The van der Waals surface area contributed by atoms with Crippen molar-refractivity contribution >= 4 is 27.3 Å². The molecule has 1 aliphatic rings. The average Bonchev–Trinajstić information content (AvgIpc) is 2.85. The summed E-state index contributed by atoms with van der Waals surface area (Å²) in [6.07, 6.45) is 4.13. The molecule has 1 saturated carbocycles. The molecule has 1 heterocycles. The van der Waals surface area contributed by atoms with Crippen molar-refractivity contribution in [3.05, 3.63) is 34.5 Å². The Morgan fingerprint density at radius 2 is 2.21 bits per heavy atom. The van der Waals surface area contributed by atoms with Crippen LogP contribution in [0.2, 0.25) is 0 Å². The molecule has 0 spiro atoms. The molecule has 1 aromatic carbocycles. The summed E-state index contributed by atoms with van der Waals surface area (Å²) in [5.41, 5.74) is 0.825. The van der Waals surface area contributed by atoms with Crippen molar-refractivity contribution in [1.82, 2.24) is 5.32 Å². The second-order valence-electron chi connectivity index (χ2n) is 6.98. The third kappa shape index (κ3) is 2.95. The van der Waals surface area contributed by atoms with Crippen LogP contribution in [0.4, 0.5) is 4.39 Å². The summed E-state index contributed by atoms with van der Waals surface area (Å²) in [4.78, 5) is 13.2. The van der Waals surface area contributed by atoms with Crippen LogP contribution in [0.15, 0.2) is 18.2 Å². The van der Waals surface area contributed by atoms with Gasteiger partial charge < -0.3 is 10.4 Å². The Morgan fingerprint density at radius 3 is 2.79 bits per heavy atom. The Labute approximate surface area is 145 Å². The molecule has 3 nitrogen and oxygen atoms in total. The number of rotatable bonds is 6. The van der Waals surface area contributed by atoms with E-state index in [1.165, 1.54) is 23.8 Å². The Kier molecular flexibility index (Phi) is 4.92. The van der Waals surface area contributed by atoms with Crippen molar-refractivity contribution in [2.45, 2.75) is 39.5 Å². The maximum atomic E-state index is 14.0. The van der Waals surface area contributed by atoms with Crippen LogP contribution in [-0.4, -0.2) is 24.2 Å². The monoisotopic (exact) mass is 349 g/mol. The van der Waals surface area contributed by atoms with E-state index in [-0.39, 0.29) is 23.7 Å². The number of aliphatic hydroxyl groups is 1. The van der Waals surface area contributed by atoms with Crippen molar-refractivity contribution in [3.63, 3.8) is 0 Å². The highest BCUT2D eigenvalue weighted by Crippen LogP contribution is 2.47. The maximum absolute atomic E-state index is 14.0. The van der Waals surface area contributed by atoms with E-state index in [0.29, 0.717) is 22.7 Å². The quantitative estimate of drug-likeness (QED) is 0.818. The van der Waals surface area contributed by atoms with Gasteiger partial charge in [0.05, 0.1) is 4.88 Å². The van der Waals surface area contributed by atoms with Crippen LogP contribution in [0.5, 0.6) is 0 Å². The van der Waals surface area contributed by atoms with Crippen molar-refractivity contribution in [3.8, 4) is 0 Å². The molecule has 130 valence electrons. The molecule has 5 heteroatoms. The zero-order valence-corrected chi connectivity index (χ0v) is 15.0. The number of halogens is 1. The van der Waals surface area contributed by atoms with Gasteiger partial charge in [0.15, 0.2) is 0 Å². The number of thiophene rings is 1. The van der Waals surface area contributed by atoms with E-state index in [1.807, 2.05) is 13.0 Å². The highest BCUT2D eigenvalue weighted by atomic mass is 32.1. The molecule has 0 saturated heterocycles. The molecule has 0 aliphatic heterocycles. The van der Waals surface area contributed by atoms with E-state index in [2.05, 4.69) is 12.2 Å². The Balaban J connectivity index is 1.76. The minimum atomic E-state index is -0.271. The number of hydrogen-bond acceptors (Lipinski definition) is 3. The largest absolute Gasteiger partial charge is 0.396 e. The standard InChI is InChI=1S/C19H24FNO2S/c1-12(7-10-22)19(8-4-9-19)11-21-18(23)17-13(2)16-14(20)5-3-6-15(16)24-17/h3,5-6,12,22H,4,7-11H2,1-2H3,(H,21,23)/t12-/m1/s1. The van der Waals surface area contributed by atoms with E-state index >= 15 is 0 Å². The fourth-order valence-electron chi connectivity index (χ4n) is 3.78. The van der Waals surface area contributed by atoms with Crippen molar-refractivity contribution < 1.29 is 14.3 Å². The Hall–Kier alpha value is -1.46. The number of aryl methyl sites for hydroxylation is 1. The first-order chi connectivity index (χ1) is 11.5. The lowest BCUT2D eigenvalue weighted by molar-refractivity contribution is 0.0411. The Morgan fingerprint density at radius 1 is 1.46 bits per heavy atom. The minimum absolute atomic E-state index is 0.105. The molecule has 0 bridgehead atoms. The first-order valence-electron chi connectivity index (χ1n) is 8.55. The van der Waals surface area contributed by atoms with Gasteiger partial charge in [-0.1, -0.05) is 19.4 Å². The number of hydrogen-bond donors (Lipinski definition) is 2. The van der Waals surface area contributed by atoms with Gasteiger partial charge in [0.25, 0.3) is 5.91 Å². The van der Waals surface area contributed by atoms with E-state index in [9.17, 15) is 14.3 Å². The third-order valence-electron chi connectivity index (χ3n) is 5.67. The number of carbonyl (C=O) groups is 1. The highest BCUT2D eigenvalue weighted by Gasteiger charge is 2.41. The lowest BCUT2D eigenvalue weighted by Gasteiger charge is -2.47. The molecular formula is C19H24FNO2S. The van der Waals surface area contributed by atoms with E-state index in [4.69, 9.17) is 0 Å². The molecular weight excluding hydrogens is 325 g/mol. The predicted molar refractivity (Wildman–Crippen MR) is 96.0 cm³/mol. The van der Waals surface area contributed by atoms with Gasteiger partial charge in [-0.05, 0) is 55.2 Å². The second-order valence-corrected chi connectivity index (χ2v) is 8.03. The number of nitrogens with one attached hydrogen (secondary N) is 1. The molecule has 1 amide bonds. The smallest absolute Gasteiger partial charge is 0.261 e. The summed E-state index contributed by atoms with van der Waals surface area (Å²) in [5.74, 6) is 0.000374. The maximum Gasteiger partial charge on any atom is 0.261 e. The van der Waals surface area contributed by atoms with Gasteiger partial charge >= 0.3 is 0 Å². The summed E-state index contributed by atoms with van der Waals surface area (Å²) in [5, 5.41) is 12.8. The number of aliphatic hydroxyl groups excluding tert-OH is 1. The van der Waals surface area contributed by atoms with Crippen LogP contribution >= 0.6 is 11.3 Å². The third-order valence-corrected chi connectivity index (χ3v) is 6.92. The molecule has 1 atom stereocenters. The van der Waals surface area contributed by atoms with E-state index in [0.717, 1.165) is 29.5 Å². The van der Waals surface area contributed by atoms with Crippen LogP contribution in [0.25, 0.3) is 10.1 Å².